The molecule has 0 aromatic heterocycles. The summed E-state index contributed by atoms with van der Waals surface area (Å²) in [6, 6.07) is 13.1. The van der Waals surface area contributed by atoms with Gasteiger partial charge in [0.05, 0.1) is 4.90 Å². The average Bonchev–Trinajstić information content (AvgIpc) is 2.40. The average molecular weight is 327 g/mol. The molecule has 1 atom stereocenters. The van der Waals surface area contributed by atoms with E-state index in [4.69, 9.17) is 10.7 Å². The maximum absolute atomic E-state index is 11.2. The van der Waals surface area contributed by atoms with Crippen LogP contribution in [0.3, 0.4) is 0 Å². The normalized spacial score (nSPS) is 12.2. The molecule has 2 aromatic rings. The lowest BCUT2D eigenvalue weighted by Crippen LogP contribution is -2.02. The summed E-state index contributed by atoms with van der Waals surface area (Å²) in [4.78, 5) is 0.151. The van der Waals surface area contributed by atoms with Gasteiger partial charge in [0.2, 0.25) is 0 Å². The molecule has 2 aromatic carbocycles. The number of hydrogen-bond acceptors (Lipinski definition) is 2. The van der Waals surface area contributed by atoms with Crippen LogP contribution in [-0.4, -0.2) is 8.42 Å². The van der Waals surface area contributed by atoms with Gasteiger partial charge in [0, 0.05) is 10.7 Å². The molecule has 0 aliphatic heterocycles. The monoisotopic (exact) mass is 326 g/mol. The van der Waals surface area contributed by atoms with Crippen LogP contribution in [0.5, 0.6) is 0 Å². The van der Waals surface area contributed by atoms with Crippen LogP contribution in [0.2, 0.25) is 0 Å². The summed E-state index contributed by atoms with van der Waals surface area (Å²) < 4.78 is 22.3. The topological polar surface area (TPSA) is 34.1 Å². The molecule has 0 saturated heterocycles. The van der Waals surface area contributed by atoms with Gasteiger partial charge in [-0.3, -0.25) is 0 Å². The van der Waals surface area contributed by atoms with Crippen molar-refractivity contribution in [1.29, 1.82) is 0 Å². The highest BCUT2D eigenvalue weighted by Crippen LogP contribution is 2.23. The van der Waals surface area contributed by atoms with Crippen LogP contribution in [-0.2, 0) is 15.2 Å². The van der Waals surface area contributed by atoms with Gasteiger partial charge in [-0.25, -0.2) is 8.42 Å². The highest BCUT2D eigenvalue weighted by Gasteiger charge is 2.09. The van der Waals surface area contributed by atoms with Crippen molar-refractivity contribution in [2.75, 3.05) is 0 Å². The van der Waals surface area contributed by atoms with Gasteiger partial charge in [0.1, 0.15) is 0 Å². The summed E-state index contributed by atoms with van der Waals surface area (Å²) >= 11 is 0. The van der Waals surface area contributed by atoms with Crippen LogP contribution in [0.25, 0.3) is 0 Å². The molecule has 0 heterocycles. The quantitative estimate of drug-likeness (QED) is 0.633. The first-order valence-corrected chi connectivity index (χ1v) is 9.73. The fraction of sp³-hybridized carbons (Fsp3) is 0.200. The van der Waals surface area contributed by atoms with Crippen molar-refractivity contribution in [1.82, 2.24) is 0 Å². The van der Waals surface area contributed by atoms with E-state index < -0.39 is 9.05 Å². The van der Waals surface area contributed by atoms with Crippen LogP contribution < -0.4 is 5.30 Å². The Morgan fingerprint density at radius 2 is 1.70 bits per heavy atom. The van der Waals surface area contributed by atoms with Crippen molar-refractivity contribution in [3.05, 3.63) is 59.2 Å². The van der Waals surface area contributed by atoms with Gasteiger partial charge in [-0.15, -0.1) is 0 Å². The van der Waals surface area contributed by atoms with Gasteiger partial charge in [0.15, 0.2) is 0 Å². The zero-order valence-corrected chi connectivity index (χ0v) is 13.9. The predicted molar refractivity (Wildman–Crippen MR) is 87.0 cm³/mol. The lowest BCUT2D eigenvalue weighted by atomic mass is 10.1. The number of rotatable bonds is 4. The SMILES string of the molecule is Cc1cccc(PCc2ccc(S(=O)(=O)Cl)cc2)c1C. The summed E-state index contributed by atoms with van der Waals surface area (Å²) in [6.45, 7) is 4.25. The second kappa shape index (κ2) is 6.26. The first kappa shape index (κ1) is 15.5. The molecule has 20 heavy (non-hydrogen) atoms. The molecule has 1 unspecified atom stereocenters. The summed E-state index contributed by atoms with van der Waals surface area (Å²) in [6.07, 6.45) is 0.910. The molecule has 0 aliphatic rings. The first-order valence-electron chi connectivity index (χ1n) is 6.21. The van der Waals surface area contributed by atoms with Gasteiger partial charge in [0.25, 0.3) is 9.05 Å². The van der Waals surface area contributed by atoms with Crippen molar-refractivity contribution < 1.29 is 8.42 Å². The molecule has 0 spiro atoms. The van der Waals surface area contributed by atoms with Crippen molar-refractivity contribution in [2.24, 2.45) is 0 Å². The number of hydrogen-bond donors (Lipinski definition) is 0. The van der Waals surface area contributed by atoms with Crippen LogP contribution in [0.15, 0.2) is 47.4 Å². The molecule has 106 valence electrons. The summed E-state index contributed by atoms with van der Waals surface area (Å²) in [7, 11) is 2.35. The summed E-state index contributed by atoms with van der Waals surface area (Å²) in [5, 5.41) is 1.36. The standard InChI is InChI=1S/C15H16ClO2PS/c1-11-4-3-5-15(12(11)2)19-10-13-6-8-14(9-7-13)20(16,17)18/h3-9,19H,10H2,1-2H3. The largest absolute Gasteiger partial charge is 0.261 e. The number of benzene rings is 2. The zero-order valence-electron chi connectivity index (χ0n) is 11.4. The minimum atomic E-state index is -3.62. The molecule has 0 saturated carbocycles. The molecule has 2 nitrogen and oxygen atoms in total. The highest BCUT2D eigenvalue weighted by atomic mass is 35.7. The van der Waals surface area contributed by atoms with E-state index in [1.54, 1.807) is 12.1 Å². The Balaban J connectivity index is 2.10. The second-order valence-electron chi connectivity index (χ2n) is 4.68. The van der Waals surface area contributed by atoms with Crippen molar-refractivity contribution in [3.8, 4) is 0 Å². The molecule has 0 amide bonds. The van der Waals surface area contributed by atoms with Gasteiger partial charge in [-0.1, -0.05) is 38.9 Å². The minimum Gasteiger partial charge on any atom is -0.207 e. The number of halogens is 1. The molecule has 5 heteroatoms. The molecule has 0 aliphatic carbocycles. The van der Waals surface area contributed by atoms with Gasteiger partial charge >= 0.3 is 0 Å². The lowest BCUT2D eigenvalue weighted by molar-refractivity contribution is 0.609. The van der Waals surface area contributed by atoms with Gasteiger partial charge < -0.3 is 0 Å². The molecule has 0 bridgehead atoms. The number of aryl methyl sites for hydroxylation is 1. The molecular formula is C15H16ClO2PS. The summed E-state index contributed by atoms with van der Waals surface area (Å²) in [5.41, 5.74) is 3.76. The van der Waals surface area contributed by atoms with E-state index in [1.807, 2.05) is 12.1 Å². The Morgan fingerprint density at radius 1 is 1.05 bits per heavy atom. The van der Waals surface area contributed by atoms with Crippen LogP contribution in [0.4, 0.5) is 0 Å². The molecular weight excluding hydrogens is 311 g/mol. The van der Waals surface area contributed by atoms with E-state index in [-0.39, 0.29) is 4.90 Å². The Labute approximate surface area is 126 Å². The smallest absolute Gasteiger partial charge is 0.207 e. The predicted octanol–water partition coefficient (Wildman–Crippen LogP) is 3.73. The van der Waals surface area contributed by atoms with Crippen molar-refractivity contribution >= 4 is 33.6 Å². The fourth-order valence-corrected chi connectivity index (χ4v) is 3.99. The fourth-order valence-electron chi connectivity index (χ4n) is 1.91. The zero-order chi connectivity index (χ0) is 14.8. The molecule has 0 N–H and O–H groups in total. The Bertz CT molecular complexity index is 709. The lowest BCUT2D eigenvalue weighted by Gasteiger charge is -2.09. The van der Waals surface area contributed by atoms with Crippen LogP contribution >= 0.6 is 19.3 Å². The van der Waals surface area contributed by atoms with Crippen LogP contribution in [0, 0.1) is 13.8 Å². The first-order chi connectivity index (χ1) is 9.38. The highest BCUT2D eigenvalue weighted by molar-refractivity contribution is 8.13. The third-order valence-corrected chi connectivity index (χ3v) is 6.17. The Morgan fingerprint density at radius 3 is 2.30 bits per heavy atom. The Hall–Kier alpha value is -0.890. The van der Waals surface area contributed by atoms with Crippen molar-refractivity contribution in [3.63, 3.8) is 0 Å². The van der Waals surface area contributed by atoms with E-state index in [0.717, 1.165) is 11.7 Å². The van der Waals surface area contributed by atoms with E-state index in [9.17, 15) is 8.42 Å². The maximum Gasteiger partial charge on any atom is 0.261 e. The maximum atomic E-state index is 11.2. The second-order valence-corrected chi connectivity index (χ2v) is 8.49. The molecule has 2 rings (SSSR count). The van der Waals surface area contributed by atoms with E-state index in [1.165, 1.54) is 16.4 Å². The minimum absolute atomic E-state index is 0.151. The van der Waals surface area contributed by atoms with E-state index >= 15 is 0 Å². The third kappa shape index (κ3) is 3.82. The summed E-state index contributed by atoms with van der Waals surface area (Å²) in [5.74, 6) is 0. The molecule has 0 fully saturated rings. The van der Waals surface area contributed by atoms with Gasteiger partial charge in [-0.05, 0) is 54.1 Å². The van der Waals surface area contributed by atoms with E-state index in [0.29, 0.717) is 8.58 Å². The van der Waals surface area contributed by atoms with Gasteiger partial charge in [-0.2, -0.15) is 0 Å². The molecule has 0 radical (unpaired) electrons. The van der Waals surface area contributed by atoms with Crippen molar-refractivity contribution in [2.45, 2.75) is 24.9 Å². The third-order valence-electron chi connectivity index (χ3n) is 3.29. The Kier molecular flexibility index (Phi) is 4.85. The van der Waals surface area contributed by atoms with E-state index in [2.05, 4.69) is 32.0 Å². The van der Waals surface area contributed by atoms with Crippen LogP contribution in [0.1, 0.15) is 16.7 Å².